The lowest BCUT2D eigenvalue weighted by molar-refractivity contribution is -0.138. The molecule has 3 fully saturated rings. The maximum absolute atomic E-state index is 13.5. The normalized spacial score (nSPS) is 26.4. The summed E-state index contributed by atoms with van der Waals surface area (Å²) >= 11 is 0. The fourth-order valence-electron chi connectivity index (χ4n) is 5.84. The molecule has 5 nitrogen and oxygen atoms in total. The number of pyridine rings is 1. The molecule has 5 rings (SSSR count). The van der Waals surface area contributed by atoms with Gasteiger partial charge in [-0.2, -0.15) is 5.26 Å². The number of carbonyl (C=O) groups is 1. The Morgan fingerprint density at radius 3 is 2.57 bits per heavy atom. The van der Waals surface area contributed by atoms with Gasteiger partial charge in [0.15, 0.2) is 0 Å². The van der Waals surface area contributed by atoms with Crippen LogP contribution < -0.4 is 4.90 Å². The van der Waals surface area contributed by atoms with Gasteiger partial charge in [-0.1, -0.05) is 49.6 Å². The maximum atomic E-state index is 13.5. The van der Waals surface area contributed by atoms with Gasteiger partial charge in [0, 0.05) is 43.6 Å². The van der Waals surface area contributed by atoms with Crippen molar-refractivity contribution in [2.45, 2.75) is 38.1 Å². The minimum Gasteiger partial charge on any atom is -0.355 e. The third kappa shape index (κ3) is 3.35. The van der Waals surface area contributed by atoms with Gasteiger partial charge in [-0.05, 0) is 30.5 Å². The molecule has 30 heavy (non-hydrogen) atoms. The average Bonchev–Trinajstić information content (AvgIpc) is 3.37. The van der Waals surface area contributed by atoms with Crippen molar-refractivity contribution >= 4 is 11.7 Å². The predicted molar refractivity (Wildman–Crippen MR) is 116 cm³/mol. The highest BCUT2D eigenvalue weighted by atomic mass is 16.2. The Hall–Kier alpha value is -2.87. The van der Waals surface area contributed by atoms with Crippen molar-refractivity contribution in [1.29, 1.82) is 5.26 Å². The topological polar surface area (TPSA) is 60.2 Å². The number of nitrogens with zero attached hydrogens (tertiary/aromatic N) is 4. The highest BCUT2D eigenvalue weighted by molar-refractivity contribution is 5.80. The minimum absolute atomic E-state index is 0.116. The third-order valence-electron chi connectivity index (χ3n) is 7.25. The standard InChI is InChI=1S/C25H28N4O/c26-14-20-12-7-13-27-24(20)28-15-21-16-29(25(30)19-10-5-2-6-11-19)23(22(21)17-28)18-8-3-1-4-9-18/h1,3-4,7-9,12-13,19,21-23H,2,5-6,10-11,15-17H2/t21-,22-,23+/m0/s1. The number of carbonyl (C=O) groups excluding carboxylic acids is 1. The number of amides is 1. The molecule has 3 aliphatic rings. The number of nitriles is 1. The maximum Gasteiger partial charge on any atom is 0.226 e. The van der Waals surface area contributed by atoms with Crippen molar-refractivity contribution in [3.05, 3.63) is 59.8 Å². The van der Waals surface area contributed by atoms with Crippen LogP contribution in [0.3, 0.4) is 0 Å². The number of hydrogen-bond acceptors (Lipinski definition) is 4. The van der Waals surface area contributed by atoms with Gasteiger partial charge >= 0.3 is 0 Å². The van der Waals surface area contributed by atoms with Crippen LogP contribution in [0.15, 0.2) is 48.7 Å². The summed E-state index contributed by atoms with van der Waals surface area (Å²) in [5.74, 6) is 2.12. The first-order chi connectivity index (χ1) is 14.8. The molecule has 3 heterocycles. The van der Waals surface area contributed by atoms with E-state index < -0.39 is 0 Å². The zero-order valence-electron chi connectivity index (χ0n) is 17.3. The zero-order valence-corrected chi connectivity index (χ0v) is 17.3. The van der Waals surface area contributed by atoms with Crippen molar-refractivity contribution in [2.24, 2.45) is 17.8 Å². The summed E-state index contributed by atoms with van der Waals surface area (Å²) in [4.78, 5) is 22.5. The molecule has 5 heteroatoms. The Morgan fingerprint density at radius 2 is 1.80 bits per heavy atom. The van der Waals surface area contributed by atoms with Gasteiger partial charge in [-0.15, -0.1) is 0 Å². The van der Waals surface area contributed by atoms with E-state index in [4.69, 9.17) is 0 Å². The summed E-state index contributed by atoms with van der Waals surface area (Å²) in [7, 11) is 0. The molecule has 0 unspecified atom stereocenters. The van der Waals surface area contributed by atoms with Crippen molar-refractivity contribution in [2.75, 3.05) is 24.5 Å². The van der Waals surface area contributed by atoms with Gasteiger partial charge in [0.1, 0.15) is 11.9 Å². The monoisotopic (exact) mass is 400 g/mol. The highest BCUT2D eigenvalue weighted by Gasteiger charge is 2.50. The van der Waals surface area contributed by atoms with E-state index >= 15 is 0 Å². The van der Waals surface area contributed by atoms with Crippen LogP contribution >= 0.6 is 0 Å². The van der Waals surface area contributed by atoms with Gasteiger partial charge < -0.3 is 9.80 Å². The van der Waals surface area contributed by atoms with Crippen LogP contribution in [0.1, 0.15) is 49.3 Å². The Morgan fingerprint density at radius 1 is 1.00 bits per heavy atom. The van der Waals surface area contributed by atoms with Crippen LogP contribution in [-0.4, -0.2) is 35.4 Å². The molecule has 0 bridgehead atoms. The van der Waals surface area contributed by atoms with Crippen LogP contribution in [0.25, 0.3) is 0 Å². The number of benzene rings is 1. The smallest absolute Gasteiger partial charge is 0.226 e. The number of anilines is 1. The van der Waals surface area contributed by atoms with Gasteiger partial charge in [0.25, 0.3) is 0 Å². The van der Waals surface area contributed by atoms with Crippen LogP contribution in [-0.2, 0) is 4.79 Å². The molecule has 1 aliphatic carbocycles. The van der Waals surface area contributed by atoms with Crippen molar-refractivity contribution < 1.29 is 4.79 Å². The highest BCUT2D eigenvalue weighted by Crippen LogP contribution is 2.47. The molecule has 1 aromatic carbocycles. The van der Waals surface area contributed by atoms with Crippen molar-refractivity contribution in [3.8, 4) is 6.07 Å². The molecule has 0 radical (unpaired) electrons. The lowest BCUT2D eigenvalue weighted by Gasteiger charge is -2.34. The molecule has 1 amide bonds. The van der Waals surface area contributed by atoms with Gasteiger partial charge in [-0.3, -0.25) is 4.79 Å². The predicted octanol–water partition coefficient (Wildman–Crippen LogP) is 4.17. The van der Waals surface area contributed by atoms with Gasteiger partial charge in [0.05, 0.1) is 11.6 Å². The van der Waals surface area contributed by atoms with E-state index in [-0.39, 0.29) is 12.0 Å². The van der Waals surface area contributed by atoms with E-state index in [1.165, 1.54) is 24.8 Å². The summed E-state index contributed by atoms with van der Waals surface area (Å²) in [5, 5.41) is 9.50. The molecule has 2 aliphatic heterocycles. The van der Waals surface area contributed by atoms with E-state index in [2.05, 4.69) is 45.1 Å². The van der Waals surface area contributed by atoms with E-state index in [9.17, 15) is 10.1 Å². The third-order valence-corrected chi connectivity index (χ3v) is 7.25. The van der Waals surface area contributed by atoms with Crippen LogP contribution in [0, 0.1) is 29.1 Å². The summed E-state index contributed by atoms with van der Waals surface area (Å²) in [6.45, 7) is 2.50. The summed E-state index contributed by atoms with van der Waals surface area (Å²) in [6, 6.07) is 16.6. The molecular weight excluding hydrogens is 372 g/mol. The van der Waals surface area contributed by atoms with E-state index in [1.54, 1.807) is 6.20 Å². The lowest BCUT2D eigenvalue weighted by Crippen LogP contribution is -2.40. The Kier molecular flexibility index (Phi) is 5.16. The van der Waals surface area contributed by atoms with Crippen LogP contribution in [0.2, 0.25) is 0 Å². The number of likely N-dealkylation sites (tertiary alicyclic amines) is 1. The van der Waals surface area contributed by atoms with E-state index in [1.807, 2.05) is 18.2 Å². The molecular formula is C25H28N4O. The Balaban J connectivity index is 1.43. The fraction of sp³-hybridized carbons (Fsp3) is 0.480. The van der Waals surface area contributed by atoms with Crippen molar-refractivity contribution in [1.82, 2.24) is 9.88 Å². The second-order valence-corrected chi connectivity index (χ2v) is 9.00. The second-order valence-electron chi connectivity index (χ2n) is 9.00. The summed E-state index contributed by atoms with van der Waals surface area (Å²) in [5.41, 5.74) is 1.86. The van der Waals surface area contributed by atoms with Crippen LogP contribution in [0.4, 0.5) is 5.82 Å². The first-order valence-electron chi connectivity index (χ1n) is 11.2. The number of fused-ring (bicyclic) bond motifs is 1. The van der Waals surface area contributed by atoms with Gasteiger partial charge in [-0.25, -0.2) is 4.98 Å². The fourth-order valence-corrected chi connectivity index (χ4v) is 5.84. The quantitative estimate of drug-likeness (QED) is 0.776. The SMILES string of the molecule is N#Cc1cccnc1N1C[C@H]2CN(C(=O)C3CCCCC3)[C@H](c3ccccc3)[C@H]2C1. The van der Waals surface area contributed by atoms with Crippen molar-refractivity contribution in [3.63, 3.8) is 0 Å². The molecule has 1 saturated carbocycles. The second kappa shape index (κ2) is 8.10. The molecule has 1 aromatic heterocycles. The zero-order chi connectivity index (χ0) is 20.5. The molecule has 3 atom stereocenters. The molecule has 2 aromatic rings. The average molecular weight is 401 g/mol. The summed E-state index contributed by atoms with van der Waals surface area (Å²) in [6.07, 6.45) is 7.46. The lowest BCUT2D eigenvalue weighted by atomic mass is 9.87. The molecule has 2 saturated heterocycles. The van der Waals surface area contributed by atoms with Gasteiger partial charge in [0.2, 0.25) is 5.91 Å². The Labute approximate surface area is 178 Å². The number of aromatic nitrogens is 1. The molecule has 154 valence electrons. The Bertz CT molecular complexity index is 947. The number of rotatable bonds is 3. The van der Waals surface area contributed by atoms with Crippen LogP contribution in [0.5, 0.6) is 0 Å². The minimum atomic E-state index is 0.116. The number of hydrogen-bond donors (Lipinski definition) is 0. The molecule has 0 N–H and O–H groups in total. The largest absolute Gasteiger partial charge is 0.355 e. The van der Waals surface area contributed by atoms with E-state index in [0.29, 0.717) is 23.3 Å². The summed E-state index contributed by atoms with van der Waals surface area (Å²) < 4.78 is 0. The first-order valence-corrected chi connectivity index (χ1v) is 11.2. The van der Waals surface area contributed by atoms with E-state index in [0.717, 1.165) is 38.3 Å². The first kappa shape index (κ1) is 19.1. The molecule has 0 spiro atoms.